The molecule has 0 unspecified atom stereocenters. The van der Waals surface area contributed by atoms with Crippen LogP contribution in [0, 0.1) is 5.82 Å². The number of rotatable bonds is 7. The monoisotopic (exact) mass is 321 g/mol. The van der Waals surface area contributed by atoms with Crippen LogP contribution >= 0.6 is 0 Å². The van der Waals surface area contributed by atoms with Gasteiger partial charge in [0.25, 0.3) is 5.91 Å². The van der Waals surface area contributed by atoms with Gasteiger partial charge in [0, 0.05) is 6.54 Å². The Morgan fingerprint density at radius 3 is 2.78 bits per heavy atom. The van der Waals surface area contributed by atoms with Crippen molar-refractivity contribution < 1.29 is 27.9 Å². The van der Waals surface area contributed by atoms with E-state index in [4.69, 9.17) is 13.9 Å². The van der Waals surface area contributed by atoms with Crippen LogP contribution in [0.1, 0.15) is 22.5 Å². The molecule has 7 heteroatoms. The van der Waals surface area contributed by atoms with E-state index in [1.807, 2.05) is 0 Å². The highest BCUT2D eigenvalue weighted by atomic mass is 19.1. The standard InChI is InChI=1S/C16H16FNO5/c1-21-13-5-4-11(9-12(13)17)10-23-15(19)6-7-18-16(20)14-3-2-8-22-14/h2-5,8-9H,6-7,10H2,1H3,(H,18,20). The summed E-state index contributed by atoms with van der Waals surface area (Å²) in [6, 6.07) is 7.42. The van der Waals surface area contributed by atoms with E-state index in [2.05, 4.69) is 5.32 Å². The molecule has 0 atom stereocenters. The fourth-order valence-corrected chi connectivity index (χ4v) is 1.81. The van der Waals surface area contributed by atoms with Gasteiger partial charge in [-0.25, -0.2) is 4.39 Å². The molecule has 1 heterocycles. The van der Waals surface area contributed by atoms with Crippen molar-refractivity contribution in [1.29, 1.82) is 0 Å². The van der Waals surface area contributed by atoms with Crippen LogP contribution in [0.4, 0.5) is 4.39 Å². The lowest BCUT2D eigenvalue weighted by atomic mass is 10.2. The van der Waals surface area contributed by atoms with Crippen LogP contribution in [0.5, 0.6) is 5.75 Å². The van der Waals surface area contributed by atoms with Crippen LogP contribution in [0.2, 0.25) is 0 Å². The molecule has 1 amide bonds. The van der Waals surface area contributed by atoms with Gasteiger partial charge in [0.15, 0.2) is 17.3 Å². The highest BCUT2D eigenvalue weighted by molar-refractivity contribution is 5.91. The normalized spacial score (nSPS) is 10.2. The van der Waals surface area contributed by atoms with E-state index in [1.54, 1.807) is 12.1 Å². The number of benzene rings is 1. The third-order valence-corrected chi connectivity index (χ3v) is 2.98. The number of nitrogens with one attached hydrogen (secondary N) is 1. The molecule has 1 N–H and O–H groups in total. The maximum absolute atomic E-state index is 13.5. The summed E-state index contributed by atoms with van der Waals surface area (Å²) >= 11 is 0. The number of hydrogen-bond donors (Lipinski definition) is 1. The van der Waals surface area contributed by atoms with Crippen molar-refractivity contribution in [3.63, 3.8) is 0 Å². The molecule has 122 valence electrons. The Morgan fingerprint density at radius 2 is 2.13 bits per heavy atom. The molecule has 1 aromatic heterocycles. The summed E-state index contributed by atoms with van der Waals surface area (Å²) in [5, 5.41) is 2.53. The molecule has 0 saturated heterocycles. The van der Waals surface area contributed by atoms with E-state index < -0.39 is 17.7 Å². The molecule has 0 bridgehead atoms. The van der Waals surface area contributed by atoms with Crippen LogP contribution in [-0.4, -0.2) is 25.5 Å². The summed E-state index contributed by atoms with van der Waals surface area (Å²) in [5.74, 6) is -1.12. The number of furan rings is 1. The quantitative estimate of drug-likeness (QED) is 0.792. The minimum atomic E-state index is -0.522. The Bertz CT molecular complexity index is 669. The molecule has 0 fully saturated rings. The third kappa shape index (κ3) is 4.84. The van der Waals surface area contributed by atoms with Crippen molar-refractivity contribution in [3.8, 4) is 5.75 Å². The summed E-state index contributed by atoms with van der Waals surface area (Å²) in [7, 11) is 1.37. The van der Waals surface area contributed by atoms with Gasteiger partial charge in [-0.05, 0) is 29.8 Å². The Hall–Kier alpha value is -2.83. The predicted octanol–water partition coefficient (Wildman–Crippen LogP) is 2.29. The van der Waals surface area contributed by atoms with Crippen LogP contribution in [0.3, 0.4) is 0 Å². The van der Waals surface area contributed by atoms with E-state index >= 15 is 0 Å². The van der Waals surface area contributed by atoms with E-state index in [0.29, 0.717) is 5.56 Å². The smallest absolute Gasteiger partial charge is 0.307 e. The van der Waals surface area contributed by atoms with Crippen LogP contribution in [0.25, 0.3) is 0 Å². The molecule has 0 aliphatic heterocycles. The molecular formula is C16H16FNO5. The number of halogens is 1. The SMILES string of the molecule is COc1ccc(COC(=O)CCNC(=O)c2ccco2)cc1F. The zero-order valence-electron chi connectivity index (χ0n) is 12.5. The van der Waals surface area contributed by atoms with Crippen molar-refractivity contribution in [3.05, 3.63) is 53.7 Å². The molecule has 6 nitrogen and oxygen atoms in total. The number of amides is 1. The lowest BCUT2D eigenvalue weighted by Gasteiger charge is -2.07. The summed E-state index contributed by atoms with van der Waals surface area (Å²) in [6.07, 6.45) is 1.39. The van der Waals surface area contributed by atoms with Gasteiger partial charge >= 0.3 is 5.97 Å². The Labute approximate surface area is 132 Å². The number of esters is 1. The number of hydrogen-bond acceptors (Lipinski definition) is 5. The predicted molar refractivity (Wildman–Crippen MR) is 78.4 cm³/mol. The maximum Gasteiger partial charge on any atom is 0.307 e. The van der Waals surface area contributed by atoms with Gasteiger partial charge in [-0.15, -0.1) is 0 Å². The number of carbonyl (C=O) groups is 2. The molecule has 2 aromatic rings. The Balaban J connectivity index is 1.71. The van der Waals surface area contributed by atoms with E-state index in [9.17, 15) is 14.0 Å². The number of ether oxygens (including phenoxy) is 2. The largest absolute Gasteiger partial charge is 0.494 e. The van der Waals surface area contributed by atoms with E-state index in [-0.39, 0.29) is 31.1 Å². The van der Waals surface area contributed by atoms with Crippen molar-refractivity contribution >= 4 is 11.9 Å². The number of methoxy groups -OCH3 is 1. The van der Waals surface area contributed by atoms with Crippen LogP contribution in [-0.2, 0) is 16.1 Å². The summed E-state index contributed by atoms with van der Waals surface area (Å²) in [4.78, 5) is 23.1. The van der Waals surface area contributed by atoms with Gasteiger partial charge < -0.3 is 19.2 Å². The minimum absolute atomic E-state index is 0.00505. The third-order valence-electron chi connectivity index (χ3n) is 2.98. The van der Waals surface area contributed by atoms with Gasteiger partial charge in [-0.3, -0.25) is 9.59 Å². The fraction of sp³-hybridized carbons (Fsp3) is 0.250. The molecule has 0 aliphatic rings. The zero-order chi connectivity index (χ0) is 16.7. The Kier molecular flexibility index (Phi) is 5.74. The van der Waals surface area contributed by atoms with Gasteiger partial charge in [0.2, 0.25) is 0 Å². The molecule has 0 radical (unpaired) electrons. The summed E-state index contributed by atoms with van der Waals surface area (Å²) in [6.45, 7) is 0.0707. The molecule has 0 spiro atoms. The second-order valence-electron chi connectivity index (χ2n) is 4.61. The fourth-order valence-electron chi connectivity index (χ4n) is 1.81. The minimum Gasteiger partial charge on any atom is -0.494 e. The topological polar surface area (TPSA) is 77.8 Å². The molecule has 1 aromatic carbocycles. The van der Waals surface area contributed by atoms with Gasteiger partial charge in [-0.2, -0.15) is 0 Å². The first-order valence-electron chi connectivity index (χ1n) is 6.90. The van der Waals surface area contributed by atoms with Crippen molar-refractivity contribution in [2.45, 2.75) is 13.0 Å². The van der Waals surface area contributed by atoms with E-state index in [1.165, 1.54) is 31.6 Å². The van der Waals surface area contributed by atoms with Crippen molar-refractivity contribution in [2.24, 2.45) is 0 Å². The second kappa shape index (κ2) is 7.98. The average molecular weight is 321 g/mol. The maximum atomic E-state index is 13.5. The molecular weight excluding hydrogens is 305 g/mol. The highest BCUT2D eigenvalue weighted by Crippen LogP contribution is 2.18. The zero-order valence-corrected chi connectivity index (χ0v) is 12.5. The first kappa shape index (κ1) is 16.5. The van der Waals surface area contributed by atoms with E-state index in [0.717, 1.165) is 0 Å². The van der Waals surface area contributed by atoms with Crippen molar-refractivity contribution in [1.82, 2.24) is 5.32 Å². The first-order chi connectivity index (χ1) is 11.1. The molecule has 0 aliphatic carbocycles. The lowest BCUT2D eigenvalue weighted by Crippen LogP contribution is -2.26. The van der Waals surface area contributed by atoms with Crippen molar-refractivity contribution in [2.75, 3.05) is 13.7 Å². The van der Waals surface area contributed by atoms with Crippen LogP contribution < -0.4 is 10.1 Å². The first-order valence-corrected chi connectivity index (χ1v) is 6.90. The van der Waals surface area contributed by atoms with Crippen LogP contribution in [0.15, 0.2) is 41.0 Å². The summed E-state index contributed by atoms with van der Waals surface area (Å²) < 4.78 is 28.2. The molecule has 2 rings (SSSR count). The average Bonchev–Trinajstić information content (AvgIpc) is 3.07. The Morgan fingerprint density at radius 1 is 1.30 bits per heavy atom. The highest BCUT2D eigenvalue weighted by Gasteiger charge is 2.10. The van der Waals surface area contributed by atoms with Gasteiger partial charge in [0.1, 0.15) is 6.61 Å². The van der Waals surface area contributed by atoms with Gasteiger partial charge in [0.05, 0.1) is 19.8 Å². The van der Waals surface area contributed by atoms with Gasteiger partial charge in [-0.1, -0.05) is 6.07 Å². The lowest BCUT2D eigenvalue weighted by molar-refractivity contribution is -0.144. The number of carbonyl (C=O) groups excluding carboxylic acids is 2. The summed E-state index contributed by atoms with van der Waals surface area (Å²) in [5.41, 5.74) is 0.510. The molecule has 23 heavy (non-hydrogen) atoms. The molecule has 0 saturated carbocycles. The second-order valence-corrected chi connectivity index (χ2v) is 4.61.